The van der Waals surface area contributed by atoms with E-state index in [1.165, 1.54) is 11.8 Å². The number of hydrogen-bond donors (Lipinski definition) is 1. The molecule has 1 N–H and O–H groups in total. The summed E-state index contributed by atoms with van der Waals surface area (Å²) < 4.78 is 5.85. The molecule has 2 aromatic rings. The van der Waals surface area contributed by atoms with Gasteiger partial charge in [0.05, 0.1) is 18.1 Å². The van der Waals surface area contributed by atoms with E-state index in [4.69, 9.17) is 4.74 Å². The fraction of sp³-hybridized carbons (Fsp3) is 0.391. The van der Waals surface area contributed by atoms with E-state index in [1.54, 1.807) is 0 Å². The van der Waals surface area contributed by atoms with Crippen LogP contribution in [0.5, 0.6) is 5.75 Å². The molecule has 1 heterocycles. The Kier molecular flexibility index (Phi) is 7.99. The average Bonchev–Trinajstić information content (AvgIpc) is 2.75. The van der Waals surface area contributed by atoms with Gasteiger partial charge in [-0.3, -0.25) is 9.59 Å². The van der Waals surface area contributed by atoms with Gasteiger partial charge in [-0.15, -0.1) is 11.8 Å². The number of nitrogens with one attached hydrogen (secondary N) is 1. The van der Waals surface area contributed by atoms with E-state index in [1.807, 2.05) is 66.4 Å². The standard InChI is InChI=1S/C23H28N2O3S/c1-18-9-11-20(12-10-18)24-22(26)16-29-17-23(27)25-13-5-6-19(14-25)15-28-21-7-3-2-4-8-21/h2-4,7-12,19H,5-6,13-17H2,1H3,(H,24,26). The lowest BCUT2D eigenvalue weighted by atomic mass is 9.99. The predicted octanol–water partition coefficient (Wildman–Crippen LogP) is 3.98. The van der Waals surface area contributed by atoms with Crippen molar-refractivity contribution in [3.8, 4) is 5.75 Å². The SMILES string of the molecule is Cc1ccc(NC(=O)CSCC(=O)N2CCCC(COc3ccccc3)C2)cc1. The third-order valence-electron chi connectivity index (χ3n) is 4.89. The van der Waals surface area contributed by atoms with Gasteiger partial charge in [0.25, 0.3) is 0 Å². The minimum Gasteiger partial charge on any atom is -0.493 e. The average molecular weight is 413 g/mol. The molecule has 0 spiro atoms. The molecule has 154 valence electrons. The molecule has 5 nitrogen and oxygen atoms in total. The first-order valence-electron chi connectivity index (χ1n) is 10.00. The van der Waals surface area contributed by atoms with E-state index in [0.717, 1.165) is 42.9 Å². The van der Waals surface area contributed by atoms with E-state index < -0.39 is 0 Å². The van der Waals surface area contributed by atoms with Crippen molar-refractivity contribution in [1.29, 1.82) is 0 Å². The van der Waals surface area contributed by atoms with Crippen LogP contribution in [-0.2, 0) is 9.59 Å². The highest BCUT2D eigenvalue weighted by atomic mass is 32.2. The molecule has 0 aliphatic carbocycles. The first-order valence-corrected chi connectivity index (χ1v) is 11.2. The van der Waals surface area contributed by atoms with Crippen LogP contribution in [0, 0.1) is 12.8 Å². The zero-order valence-electron chi connectivity index (χ0n) is 16.8. The van der Waals surface area contributed by atoms with Crippen molar-refractivity contribution in [2.45, 2.75) is 19.8 Å². The molecule has 3 rings (SSSR count). The maximum atomic E-state index is 12.5. The monoisotopic (exact) mass is 412 g/mol. The molecule has 1 saturated heterocycles. The number of amides is 2. The smallest absolute Gasteiger partial charge is 0.234 e. The molecule has 29 heavy (non-hydrogen) atoms. The Morgan fingerprint density at radius 2 is 1.86 bits per heavy atom. The lowest BCUT2D eigenvalue weighted by Crippen LogP contribution is -2.42. The fourth-order valence-corrected chi connectivity index (χ4v) is 4.03. The molecule has 6 heteroatoms. The maximum absolute atomic E-state index is 12.5. The van der Waals surface area contributed by atoms with Crippen LogP contribution in [0.25, 0.3) is 0 Å². The molecule has 1 fully saturated rings. The first-order chi connectivity index (χ1) is 14.1. The highest BCUT2D eigenvalue weighted by Crippen LogP contribution is 2.20. The Bertz CT molecular complexity index is 796. The van der Waals surface area contributed by atoms with Crippen molar-refractivity contribution in [1.82, 2.24) is 4.90 Å². The number of carbonyl (C=O) groups excluding carboxylic acids is 2. The van der Waals surface area contributed by atoms with Crippen molar-refractivity contribution in [2.24, 2.45) is 5.92 Å². The molecule has 2 amide bonds. The number of carbonyl (C=O) groups is 2. The number of aryl methyl sites for hydroxylation is 1. The number of piperidine rings is 1. The molecular weight excluding hydrogens is 384 g/mol. The van der Waals surface area contributed by atoms with E-state index in [0.29, 0.717) is 18.3 Å². The number of hydrogen-bond acceptors (Lipinski definition) is 4. The quantitative estimate of drug-likeness (QED) is 0.712. The summed E-state index contributed by atoms with van der Waals surface area (Å²) in [6.45, 7) is 4.14. The van der Waals surface area contributed by atoms with Crippen molar-refractivity contribution < 1.29 is 14.3 Å². The van der Waals surface area contributed by atoms with E-state index >= 15 is 0 Å². The lowest BCUT2D eigenvalue weighted by Gasteiger charge is -2.32. The molecule has 1 atom stereocenters. The van der Waals surface area contributed by atoms with Crippen LogP contribution in [0.1, 0.15) is 18.4 Å². The Labute approximate surface area is 176 Å². The largest absolute Gasteiger partial charge is 0.493 e. The van der Waals surface area contributed by atoms with Crippen LogP contribution in [0.2, 0.25) is 0 Å². The Hall–Kier alpha value is -2.47. The predicted molar refractivity (Wildman–Crippen MR) is 118 cm³/mol. The zero-order chi connectivity index (χ0) is 20.5. The summed E-state index contributed by atoms with van der Waals surface area (Å²) in [4.78, 5) is 26.5. The summed E-state index contributed by atoms with van der Waals surface area (Å²) >= 11 is 1.36. The summed E-state index contributed by atoms with van der Waals surface area (Å²) in [6, 6.07) is 17.5. The van der Waals surface area contributed by atoms with Crippen LogP contribution in [-0.4, -0.2) is 47.9 Å². The van der Waals surface area contributed by atoms with Gasteiger partial charge in [-0.1, -0.05) is 35.9 Å². The van der Waals surface area contributed by atoms with Crippen molar-refractivity contribution in [3.63, 3.8) is 0 Å². The molecule has 0 radical (unpaired) electrons. The number of ether oxygens (including phenoxy) is 1. The van der Waals surface area contributed by atoms with Gasteiger partial charge in [0.15, 0.2) is 0 Å². The molecule has 1 aliphatic rings. The van der Waals surface area contributed by atoms with Crippen LogP contribution in [0.15, 0.2) is 54.6 Å². The van der Waals surface area contributed by atoms with Crippen LogP contribution < -0.4 is 10.1 Å². The zero-order valence-corrected chi connectivity index (χ0v) is 17.6. The third-order valence-corrected chi connectivity index (χ3v) is 5.81. The van der Waals surface area contributed by atoms with Crippen LogP contribution in [0.3, 0.4) is 0 Å². The Morgan fingerprint density at radius 3 is 2.62 bits per heavy atom. The van der Waals surface area contributed by atoms with Gasteiger partial charge < -0.3 is 15.0 Å². The second kappa shape index (κ2) is 10.9. The second-order valence-electron chi connectivity index (χ2n) is 7.38. The van der Waals surface area contributed by atoms with Gasteiger partial charge in [-0.05, 0) is 44.0 Å². The molecule has 0 aromatic heterocycles. The number of nitrogens with zero attached hydrogens (tertiary/aromatic N) is 1. The molecule has 1 aliphatic heterocycles. The van der Waals surface area contributed by atoms with E-state index in [-0.39, 0.29) is 17.6 Å². The first kappa shape index (κ1) is 21.2. The van der Waals surface area contributed by atoms with Crippen molar-refractivity contribution in [3.05, 3.63) is 60.2 Å². The summed E-state index contributed by atoms with van der Waals surface area (Å²) in [5.41, 5.74) is 1.93. The summed E-state index contributed by atoms with van der Waals surface area (Å²) in [5.74, 6) is 1.83. The topological polar surface area (TPSA) is 58.6 Å². The second-order valence-corrected chi connectivity index (χ2v) is 8.36. The highest BCUT2D eigenvalue weighted by Gasteiger charge is 2.24. The fourth-order valence-electron chi connectivity index (χ4n) is 3.31. The van der Waals surface area contributed by atoms with Crippen molar-refractivity contribution in [2.75, 3.05) is 36.5 Å². The summed E-state index contributed by atoms with van der Waals surface area (Å²) in [6.07, 6.45) is 2.07. The van der Waals surface area contributed by atoms with Crippen LogP contribution in [0.4, 0.5) is 5.69 Å². The number of rotatable bonds is 8. The molecule has 1 unspecified atom stereocenters. The normalized spacial score (nSPS) is 16.3. The number of likely N-dealkylation sites (tertiary alicyclic amines) is 1. The Morgan fingerprint density at radius 1 is 1.10 bits per heavy atom. The van der Waals surface area contributed by atoms with Gasteiger partial charge in [-0.25, -0.2) is 0 Å². The highest BCUT2D eigenvalue weighted by molar-refractivity contribution is 8.00. The molecule has 2 aromatic carbocycles. The third kappa shape index (κ3) is 7.13. The van der Waals surface area contributed by atoms with Gasteiger partial charge in [-0.2, -0.15) is 0 Å². The number of benzene rings is 2. The van der Waals surface area contributed by atoms with E-state index in [2.05, 4.69) is 5.32 Å². The number of thioether (sulfide) groups is 1. The maximum Gasteiger partial charge on any atom is 0.234 e. The molecule has 0 bridgehead atoms. The minimum atomic E-state index is -0.0839. The van der Waals surface area contributed by atoms with Crippen molar-refractivity contribution >= 4 is 29.3 Å². The van der Waals surface area contributed by atoms with Gasteiger partial charge in [0.1, 0.15) is 5.75 Å². The number of para-hydroxylation sites is 1. The molecular formula is C23H28N2O3S. The van der Waals surface area contributed by atoms with Gasteiger partial charge in [0, 0.05) is 24.7 Å². The molecule has 0 saturated carbocycles. The lowest BCUT2D eigenvalue weighted by molar-refractivity contribution is -0.130. The summed E-state index contributed by atoms with van der Waals surface area (Å²) in [7, 11) is 0. The Balaban J connectivity index is 1.36. The minimum absolute atomic E-state index is 0.0839. The van der Waals surface area contributed by atoms with E-state index in [9.17, 15) is 9.59 Å². The van der Waals surface area contributed by atoms with Crippen LogP contribution >= 0.6 is 11.8 Å². The van der Waals surface area contributed by atoms with Gasteiger partial charge >= 0.3 is 0 Å². The number of anilines is 1. The van der Waals surface area contributed by atoms with Gasteiger partial charge in [0.2, 0.25) is 11.8 Å². The summed E-state index contributed by atoms with van der Waals surface area (Å²) in [5, 5.41) is 2.86.